The van der Waals surface area contributed by atoms with Crippen LogP contribution in [0.5, 0.6) is 5.75 Å². The van der Waals surface area contributed by atoms with Crippen LogP contribution >= 0.6 is 0 Å². The second kappa shape index (κ2) is 12.2. The topological polar surface area (TPSA) is 139 Å². The van der Waals surface area contributed by atoms with E-state index in [1.165, 1.54) is 24.1 Å². The third kappa shape index (κ3) is 8.17. The fourth-order valence-electron chi connectivity index (χ4n) is 3.91. The minimum atomic E-state index is -4.03. The summed E-state index contributed by atoms with van der Waals surface area (Å²) < 4.78 is 31.8. The minimum absolute atomic E-state index is 0.0115. The summed E-state index contributed by atoms with van der Waals surface area (Å²) in [6.07, 6.45) is 1.20. The van der Waals surface area contributed by atoms with Crippen molar-refractivity contribution in [1.82, 2.24) is 10.2 Å². The van der Waals surface area contributed by atoms with Gasteiger partial charge in [0.05, 0.1) is 24.0 Å². The van der Waals surface area contributed by atoms with E-state index in [9.17, 15) is 28.1 Å². The average Bonchev–Trinajstić information content (AvgIpc) is 2.81. The van der Waals surface area contributed by atoms with Gasteiger partial charge in [0.2, 0.25) is 21.8 Å². The highest BCUT2D eigenvalue weighted by Gasteiger charge is 2.33. The predicted octanol–water partition coefficient (Wildman–Crippen LogP) is 3.40. The number of aryl methyl sites for hydroxylation is 1. The number of ether oxygens (including phenoxy) is 1. The van der Waals surface area contributed by atoms with E-state index in [2.05, 4.69) is 5.32 Å². The highest BCUT2D eigenvalue weighted by atomic mass is 32.2. The number of non-ortho nitro benzene ring substituents is 1. The molecule has 0 aliphatic carbocycles. The van der Waals surface area contributed by atoms with Crippen LogP contribution < -0.4 is 14.4 Å². The van der Waals surface area contributed by atoms with Crippen LogP contribution in [0.4, 0.5) is 11.4 Å². The van der Waals surface area contributed by atoms with Crippen molar-refractivity contribution >= 4 is 33.2 Å². The van der Waals surface area contributed by atoms with Crippen LogP contribution in [0.15, 0.2) is 42.5 Å². The van der Waals surface area contributed by atoms with E-state index in [4.69, 9.17) is 4.74 Å². The van der Waals surface area contributed by atoms with Crippen molar-refractivity contribution in [2.24, 2.45) is 0 Å². The van der Waals surface area contributed by atoms with Gasteiger partial charge < -0.3 is 15.0 Å². The maximum atomic E-state index is 13.8. The molecule has 2 aromatic carbocycles. The molecule has 0 radical (unpaired) electrons. The van der Waals surface area contributed by atoms with Crippen LogP contribution in [0.2, 0.25) is 0 Å². The third-order valence-corrected chi connectivity index (χ3v) is 6.85. The largest absolute Gasteiger partial charge is 0.497 e. The van der Waals surface area contributed by atoms with Crippen LogP contribution in [-0.4, -0.2) is 61.5 Å². The summed E-state index contributed by atoms with van der Waals surface area (Å²) in [5.74, 6) is -0.458. The summed E-state index contributed by atoms with van der Waals surface area (Å²) in [5.41, 5.74) is 0.260. The molecular formula is C26H36N4O7S. The molecule has 0 spiro atoms. The van der Waals surface area contributed by atoms with E-state index >= 15 is 0 Å². The van der Waals surface area contributed by atoms with Gasteiger partial charge in [-0.15, -0.1) is 0 Å². The quantitative estimate of drug-likeness (QED) is 0.335. The lowest BCUT2D eigenvalue weighted by Gasteiger charge is -2.34. The Morgan fingerprint density at radius 3 is 2.34 bits per heavy atom. The molecule has 0 aliphatic heterocycles. The standard InChI is InChI=1S/C26H36N4O7S/c1-8-22(25(32)27-26(3,4)5)28(16-19-10-9-11-21(14-19)37-6)24(31)17-29(38(7,35)36)23-15-20(30(33)34)13-12-18(23)2/h9-15,22H,8,16-17H2,1-7H3,(H,27,32). The van der Waals surface area contributed by atoms with Crippen molar-refractivity contribution in [3.63, 3.8) is 0 Å². The Labute approximate surface area is 224 Å². The molecule has 0 saturated carbocycles. The molecule has 0 aliphatic rings. The maximum absolute atomic E-state index is 13.8. The van der Waals surface area contributed by atoms with E-state index < -0.39 is 39.0 Å². The first-order valence-electron chi connectivity index (χ1n) is 12.0. The molecule has 0 aromatic heterocycles. The number of nitro groups is 1. The number of nitrogens with zero attached hydrogens (tertiary/aromatic N) is 3. The van der Waals surface area contributed by atoms with Gasteiger partial charge in [0.25, 0.3) is 5.69 Å². The number of anilines is 1. The number of hydrogen-bond acceptors (Lipinski definition) is 7. The van der Waals surface area contributed by atoms with Gasteiger partial charge in [-0.3, -0.25) is 24.0 Å². The molecule has 2 aromatic rings. The SMILES string of the molecule is CCC(C(=O)NC(C)(C)C)N(Cc1cccc(OC)c1)C(=O)CN(c1cc([N+](=O)[O-])ccc1C)S(C)(=O)=O. The van der Waals surface area contributed by atoms with E-state index in [1.54, 1.807) is 38.1 Å². The second-order valence-electron chi connectivity index (χ2n) is 10.0. The summed E-state index contributed by atoms with van der Waals surface area (Å²) in [5, 5.41) is 14.2. The molecule has 0 heterocycles. The maximum Gasteiger partial charge on any atom is 0.271 e. The third-order valence-electron chi connectivity index (χ3n) is 5.72. The van der Waals surface area contributed by atoms with Crippen molar-refractivity contribution < 1.29 is 27.7 Å². The van der Waals surface area contributed by atoms with E-state index in [-0.39, 0.29) is 30.2 Å². The zero-order valence-corrected chi connectivity index (χ0v) is 23.7. The molecule has 1 atom stereocenters. The van der Waals surface area contributed by atoms with Crippen molar-refractivity contribution in [2.75, 3.05) is 24.2 Å². The molecule has 0 bridgehead atoms. The molecule has 12 heteroatoms. The average molecular weight is 549 g/mol. The van der Waals surface area contributed by atoms with Gasteiger partial charge in [-0.25, -0.2) is 8.42 Å². The number of carbonyl (C=O) groups excluding carboxylic acids is 2. The summed E-state index contributed by atoms with van der Waals surface area (Å²) in [6, 6.07) is 9.91. The van der Waals surface area contributed by atoms with Gasteiger partial charge in [-0.2, -0.15) is 0 Å². The van der Waals surface area contributed by atoms with Crippen molar-refractivity contribution in [3.8, 4) is 5.75 Å². The Balaban J connectivity index is 2.56. The number of carbonyl (C=O) groups is 2. The molecular weight excluding hydrogens is 512 g/mol. The first-order chi connectivity index (χ1) is 17.6. The van der Waals surface area contributed by atoms with Crippen molar-refractivity contribution in [1.29, 1.82) is 0 Å². The monoisotopic (exact) mass is 548 g/mol. The van der Waals surface area contributed by atoms with Crippen LogP contribution in [0.25, 0.3) is 0 Å². The van der Waals surface area contributed by atoms with Crippen LogP contribution in [-0.2, 0) is 26.2 Å². The molecule has 2 amide bonds. The molecule has 38 heavy (non-hydrogen) atoms. The summed E-state index contributed by atoms with van der Waals surface area (Å²) in [6.45, 7) is 8.19. The summed E-state index contributed by atoms with van der Waals surface area (Å²) in [4.78, 5) is 39.1. The van der Waals surface area contributed by atoms with E-state index in [1.807, 2.05) is 20.8 Å². The normalized spacial score (nSPS) is 12.4. The highest BCUT2D eigenvalue weighted by molar-refractivity contribution is 7.92. The van der Waals surface area contributed by atoms with Gasteiger partial charge in [-0.05, 0) is 57.4 Å². The number of nitrogens with one attached hydrogen (secondary N) is 1. The number of hydrogen-bond donors (Lipinski definition) is 1. The van der Waals surface area contributed by atoms with Gasteiger partial charge in [0.1, 0.15) is 18.3 Å². The van der Waals surface area contributed by atoms with Gasteiger partial charge in [0, 0.05) is 24.2 Å². The van der Waals surface area contributed by atoms with Crippen LogP contribution in [0.3, 0.4) is 0 Å². The first kappa shape index (κ1) is 30.6. The lowest BCUT2D eigenvalue weighted by atomic mass is 10.1. The number of sulfonamides is 1. The lowest BCUT2D eigenvalue weighted by molar-refractivity contribution is -0.384. The van der Waals surface area contributed by atoms with Gasteiger partial charge in [-0.1, -0.05) is 25.1 Å². The molecule has 11 nitrogen and oxygen atoms in total. The number of amides is 2. The molecule has 208 valence electrons. The first-order valence-corrected chi connectivity index (χ1v) is 13.9. The number of benzene rings is 2. The molecule has 0 fully saturated rings. The zero-order valence-electron chi connectivity index (χ0n) is 22.8. The number of nitro benzene ring substituents is 1. The summed E-state index contributed by atoms with van der Waals surface area (Å²) >= 11 is 0. The Morgan fingerprint density at radius 1 is 1.16 bits per heavy atom. The Kier molecular flexibility index (Phi) is 9.85. The predicted molar refractivity (Wildman–Crippen MR) is 146 cm³/mol. The van der Waals surface area contributed by atoms with Gasteiger partial charge in [0.15, 0.2) is 0 Å². The lowest BCUT2D eigenvalue weighted by Crippen LogP contribution is -2.55. The van der Waals surface area contributed by atoms with Crippen molar-refractivity contribution in [3.05, 3.63) is 63.7 Å². The van der Waals surface area contributed by atoms with Crippen molar-refractivity contribution in [2.45, 2.75) is 59.2 Å². The van der Waals surface area contributed by atoms with E-state index in [0.717, 1.165) is 16.6 Å². The fraction of sp³-hybridized carbons (Fsp3) is 0.462. The zero-order chi connectivity index (χ0) is 28.8. The Hall–Kier alpha value is -3.67. The highest BCUT2D eigenvalue weighted by Crippen LogP contribution is 2.28. The molecule has 1 unspecified atom stereocenters. The molecule has 1 N–H and O–H groups in total. The number of methoxy groups -OCH3 is 1. The second-order valence-corrected chi connectivity index (χ2v) is 11.9. The van der Waals surface area contributed by atoms with Gasteiger partial charge >= 0.3 is 0 Å². The molecule has 2 rings (SSSR count). The Morgan fingerprint density at radius 2 is 1.82 bits per heavy atom. The minimum Gasteiger partial charge on any atom is -0.497 e. The molecule has 0 saturated heterocycles. The summed E-state index contributed by atoms with van der Waals surface area (Å²) in [7, 11) is -2.52. The van der Waals surface area contributed by atoms with E-state index in [0.29, 0.717) is 16.9 Å². The smallest absolute Gasteiger partial charge is 0.271 e. The van der Waals surface area contributed by atoms with Crippen LogP contribution in [0.1, 0.15) is 45.2 Å². The van der Waals surface area contributed by atoms with Crippen LogP contribution in [0, 0.1) is 17.0 Å². The fourth-order valence-corrected chi connectivity index (χ4v) is 4.81. The number of rotatable bonds is 11. The Bertz CT molecular complexity index is 1290.